The van der Waals surface area contributed by atoms with Gasteiger partial charge in [-0.05, 0) is 28.1 Å². The molecule has 0 saturated heterocycles. The zero-order chi connectivity index (χ0) is 12.4. The normalized spacial score (nSPS) is 10.8. The molecule has 0 radical (unpaired) electrons. The van der Waals surface area contributed by atoms with Gasteiger partial charge in [0, 0.05) is 29.2 Å². The number of nitrogens with zero attached hydrogens (tertiary/aromatic N) is 2. The minimum Gasteiger partial charge on any atom is -0.429 e. The van der Waals surface area contributed by atoms with Crippen molar-refractivity contribution in [2.24, 2.45) is 0 Å². The summed E-state index contributed by atoms with van der Waals surface area (Å²) < 4.78 is 10.7. The summed E-state index contributed by atoms with van der Waals surface area (Å²) in [5, 5.41) is 0.528. The van der Waals surface area contributed by atoms with Crippen molar-refractivity contribution in [3.05, 3.63) is 28.5 Å². The number of ether oxygens (including phenoxy) is 1. The predicted molar refractivity (Wildman–Crippen MR) is 72.6 cm³/mol. The first kappa shape index (κ1) is 12.3. The summed E-state index contributed by atoms with van der Waals surface area (Å²) in [7, 11) is 0. The third kappa shape index (κ3) is 2.95. The van der Waals surface area contributed by atoms with E-state index in [1.54, 1.807) is 12.1 Å². The largest absolute Gasteiger partial charge is 0.429 e. The quantitative estimate of drug-likeness (QED) is 0.875. The molecule has 0 bridgehead atoms. The molecule has 1 aromatic carbocycles. The Morgan fingerprint density at radius 3 is 2.82 bits per heavy atom. The van der Waals surface area contributed by atoms with Gasteiger partial charge in [-0.2, -0.15) is 9.36 Å². The number of nitrogens with two attached hydrogens (primary N) is 1. The van der Waals surface area contributed by atoms with Gasteiger partial charge in [-0.25, -0.2) is 0 Å². The molecular formula is C11H12BrN3OS. The third-order valence-electron chi connectivity index (χ3n) is 2.09. The summed E-state index contributed by atoms with van der Waals surface area (Å²) >= 11 is 4.64. The van der Waals surface area contributed by atoms with Crippen LogP contribution in [0.2, 0.25) is 0 Å². The van der Waals surface area contributed by atoms with Gasteiger partial charge in [0.2, 0.25) is 0 Å². The molecule has 6 heteroatoms. The van der Waals surface area contributed by atoms with Crippen LogP contribution in [0.1, 0.15) is 25.6 Å². The molecule has 0 unspecified atom stereocenters. The topological polar surface area (TPSA) is 61.0 Å². The van der Waals surface area contributed by atoms with Crippen LogP contribution in [0.5, 0.6) is 10.9 Å². The lowest BCUT2D eigenvalue weighted by Gasteiger charge is -2.04. The molecule has 0 aliphatic heterocycles. The van der Waals surface area contributed by atoms with E-state index in [1.807, 2.05) is 19.9 Å². The minimum atomic E-state index is 0.299. The van der Waals surface area contributed by atoms with E-state index in [1.165, 1.54) is 11.5 Å². The third-order valence-corrected chi connectivity index (χ3v) is 3.36. The molecule has 0 amide bonds. The van der Waals surface area contributed by atoms with Crippen molar-refractivity contribution >= 4 is 33.1 Å². The van der Waals surface area contributed by atoms with Crippen molar-refractivity contribution in [1.82, 2.24) is 9.36 Å². The second-order valence-corrected chi connectivity index (χ2v) is 5.43. The van der Waals surface area contributed by atoms with Crippen molar-refractivity contribution in [2.45, 2.75) is 19.8 Å². The molecule has 1 heterocycles. The molecule has 2 rings (SSSR count). The molecule has 0 saturated carbocycles. The summed E-state index contributed by atoms with van der Waals surface area (Å²) in [6.07, 6.45) is 0. The van der Waals surface area contributed by atoms with Gasteiger partial charge in [-0.15, -0.1) is 0 Å². The standard InChI is InChI=1S/C11H12BrN3OS/c1-6(2)10-14-11(17-15-10)16-9-5-7(13)3-4-8(9)12/h3-6H,13H2,1-2H3. The lowest BCUT2D eigenvalue weighted by molar-refractivity contribution is 0.473. The van der Waals surface area contributed by atoms with Gasteiger partial charge in [0.15, 0.2) is 0 Å². The Balaban J connectivity index is 2.22. The number of halogens is 1. The van der Waals surface area contributed by atoms with Gasteiger partial charge < -0.3 is 10.5 Å². The maximum atomic E-state index is 5.70. The van der Waals surface area contributed by atoms with Crippen LogP contribution in [-0.2, 0) is 0 Å². The number of benzene rings is 1. The highest BCUT2D eigenvalue weighted by atomic mass is 79.9. The van der Waals surface area contributed by atoms with Crippen LogP contribution >= 0.6 is 27.5 Å². The van der Waals surface area contributed by atoms with E-state index in [2.05, 4.69) is 25.3 Å². The second kappa shape index (κ2) is 5.01. The van der Waals surface area contributed by atoms with Crippen LogP contribution in [0, 0.1) is 0 Å². The maximum Gasteiger partial charge on any atom is 0.298 e. The average Bonchev–Trinajstić information content (AvgIpc) is 2.72. The Kier molecular flexibility index (Phi) is 3.63. The highest BCUT2D eigenvalue weighted by molar-refractivity contribution is 9.10. The van der Waals surface area contributed by atoms with E-state index in [9.17, 15) is 0 Å². The molecule has 0 atom stereocenters. The first-order chi connectivity index (χ1) is 8.06. The zero-order valence-electron chi connectivity index (χ0n) is 9.48. The van der Waals surface area contributed by atoms with Gasteiger partial charge in [-0.3, -0.25) is 0 Å². The molecule has 17 heavy (non-hydrogen) atoms. The summed E-state index contributed by atoms with van der Waals surface area (Å²) in [6, 6.07) is 5.40. The van der Waals surface area contributed by atoms with Crippen molar-refractivity contribution in [2.75, 3.05) is 5.73 Å². The molecule has 0 spiro atoms. The monoisotopic (exact) mass is 313 g/mol. The number of hydrogen-bond donors (Lipinski definition) is 1. The fourth-order valence-corrected chi connectivity index (χ4v) is 2.20. The van der Waals surface area contributed by atoms with Gasteiger partial charge >= 0.3 is 0 Å². The van der Waals surface area contributed by atoms with E-state index in [4.69, 9.17) is 10.5 Å². The van der Waals surface area contributed by atoms with Crippen molar-refractivity contribution < 1.29 is 4.74 Å². The molecular weight excluding hydrogens is 302 g/mol. The lowest BCUT2D eigenvalue weighted by atomic mass is 10.2. The highest BCUT2D eigenvalue weighted by Crippen LogP contribution is 2.32. The molecule has 0 aliphatic carbocycles. The molecule has 0 fully saturated rings. The van der Waals surface area contributed by atoms with Crippen LogP contribution in [0.15, 0.2) is 22.7 Å². The molecule has 2 N–H and O–H groups in total. The SMILES string of the molecule is CC(C)c1nsc(Oc2cc(N)ccc2Br)n1. The van der Waals surface area contributed by atoms with Gasteiger partial charge in [0.05, 0.1) is 4.47 Å². The molecule has 4 nitrogen and oxygen atoms in total. The van der Waals surface area contributed by atoms with Crippen LogP contribution in [-0.4, -0.2) is 9.36 Å². The van der Waals surface area contributed by atoms with E-state index < -0.39 is 0 Å². The Bertz CT molecular complexity index is 527. The van der Waals surface area contributed by atoms with E-state index in [0.717, 1.165) is 10.3 Å². The molecule has 0 aliphatic rings. The van der Waals surface area contributed by atoms with Gasteiger partial charge in [-0.1, -0.05) is 13.8 Å². The first-order valence-corrected chi connectivity index (χ1v) is 6.69. The Morgan fingerprint density at radius 2 is 2.18 bits per heavy atom. The van der Waals surface area contributed by atoms with E-state index in [0.29, 0.717) is 22.5 Å². The molecule has 2 aromatic rings. The van der Waals surface area contributed by atoms with Crippen molar-refractivity contribution in [3.63, 3.8) is 0 Å². The number of nitrogen functional groups attached to an aromatic ring is 1. The number of anilines is 1. The second-order valence-electron chi connectivity index (χ2n) is 3.87. The van der Waals surface area contributed by atoms with Crippen LogP contribution in [0.25, 0.3) is 0 Å². The van der Waals surface area contributed by atoms with Crippen molar-refractivity contribution in [3.8, 4) is 10.9 Å². The number of hydrogen-bond acceptors (Lipinski definition) is 5. The van der Waals surface area contributed by atoms with Crippen LogP contribution in [0.3, 0.4) is 0 Å². The summed E-state index contributed by atoms with van der Waals surface area (Å²) in [5.41, 5.74) is 6.35. The summed E-state index contributed by atoms with van der Waals surface area (Å²) in [4.78, 5) is 4.30. The molecule has 1 aromatic heterocycles. The zero-order valence-corrected chi connectivity index (χ0v) is 11.9. The first-order valence-electron chi connectivity index (χ1n) is 5.12. The van der Waals surface area contributed by atoms with E-state index in [-0.39, 0.29) is 0 Å². The maximum absolute atomic E-state index is 5.70. The summed E-state index contributed by atoms with van der Waals surface area (Å²) in [5.74, 6) is 1.74. The molecule has 90 valence electrons. The highest BCUT2D eigenvalue weighted by Gasteiger charge is 2.10. The minimum absolute atomic E-state index is 0.299. The van der Waals surface area contributed by atoms with Crippen LogP contribution in [0.4, 0.5) is 5.69 Å². The average molecular weight is 314 g/mol. The smallest absolute Gasteiger partial charge is 0.298 e. The van der Waals surface area contributed by atoms with Gasteiger partial charge in [0.1, 0.15) is 11.6 Å². The summed E-state index contributed by atoms with van der Waals surface area (Å²) in [6.45, 7) is 4.09. The van der Waals surface area contributed by atoms with E-state index >= 15 is 0 Å². The number of aromatic nitrogens is 2. The fraction of sp³-hybridized carbons (Fsp3) is 0.273. The Labute approximate surface area is 112 Å². The fourth-order valence-electron chi connectivity index (χ4n) is 1.19. The Morgan fingerprint density at radius 1 is 1.41 bits per heavy atom. The van der Waals surface area contributed by atoms with Crippen LogP contribution < -0.4 is 10.5 Å². The predicted octanol–water partition coefficient (Wildman–Crippen LogP) is 3.80. The van der Waals surface area contributed by atoms with Crippen molar-refractivity contribution in [1.29, 1.82) is 0 Å². The lowest BCUT2D eigenvalue weighted by Crippen LogP contribution is -1.91. The number of rotatable bonds is 3. The van der Waals surface area contributed by atoms with Gasteiger partial charge in [0.25, 0.3) is 5.19 Å². The Hall–Kier alpha value is -1.14.